The molecule has 0 radical (unpaired) electrons. The number of carbonyl (C=O) groups excluding carboxylic acids is 2. The molecular weight excluding hydrogens is 338 g/mol. The number of hydrogen-bond acceptors (Lipinski definition) is 5. The quantitative estimate of drug-likeness (QED) is 0.638. The van der Waals surface area contributed by atoms with Crippen molar-refractivity contribution in [1.82, 2.24) is 5.32 Å². The minimum atomic E-state index is -0.830. The summed E-state index contributed by atoms with van der Waals surface area (Å²) in [6.07, 6.45) is -0.661. The molecule has 1 atom stereocenters. The van der Waals surface area contributed by atoms with Crippen LogP contribution in [0.5, 0.6) is 0 Å². The monoisotopic (exact) mass is 357 g/mol. The van der Waals surface area contributed by atoms with Crippen molar-refractivity contribution in [2.45, 2.75) is 12.0 Å². The molecule has 0 spiro atoms. The molecule has 0 bridgehead atoms. The molecule has 5 nitrogen and oxygen atoms in total. The van der Waals surface area contributed by atoms with Gasteiger partial charge in [0, 0.05) is 11.7 Å². The molecule has 0 heterocycles. The molecule has 2 aromatic carbocycles. The Bertz CT molecular complexity index is 747. The minimum Gasteiger partial charge on any atom is -0.467 e. The second-order valence-electron chi connectivity index (χ2n) is 5.73. The second-order valence-corrected chi connectivity index (χ2v) is 6.09. The highest BCUT2D eigenvalue weighted by Crippen LogP contribution is 2.44. The molecule has 1 aliphatic rings. The van der Waals surface area contributed by atoms with Crippen molar-refractivity contribution in [2.24, 2.45) is 0 Å². The summed E-state index contributed by atoms with van der Waals surface area (Å²) >= 11 is 4.04. The molecule has 0 saturated carbocycles. The van der Waals surface area contributed by atoms with Gasteiger partial charge in [-0.25, -0.2) is 9.59 Å². The lowest BCUT2D eigenvalue weighted by atomic mass is 9.98. The van der Waals surface area contributed by atoms with E-state index in [1.165, 1.54) is 7.11 Å². The molecule has 1 aliphatic carbocycles. The number of ether oxygens (including phenoxy) is 2. The Morgan fingerprint density at radius 2 is 1.64 bits per heavy atom. The average Bonchev–Trinajstić information content (AvgIpc) is 2.98. The molecule has 0 unspecified atom stereocenters. The van der Waals surface area contributed by atoms with E-state index in [0.29, 0.717) is 0 Å². The summed E-state index contributed by atoms with van der Waals surface area (Å²) in [4.78, 5) is 23.6. The molecule has 25 heavy (non-hydrogen) atoms. The zero-order chi connectivity index (χ0) is 17.8. The fourth-order valence-corrected chi connectivity index (χ4v) is 3.34. The number of methoxy groups -OCH3 is 1. The second kappa shape index (κ2) is 7.61. The first-order valence-corrected chi connectivity index (χ1v) is 8.59. The molecule has 130 valence electrons. The van der Waals surface area contributed by atoms with Gasteiger partial charge >= 0.3 is 12.1 Å². The Balaban J connectivity index is 1.71. The van der Waals surface area contributed by atoms with Crippen molar-refractivity contribution in [2.75, 3.05) is 19.5 Å². The van der Waals surface area contributed by atoms with Crippen LogP contribution in [0.3, 0.4) is 0 Å². The van der Waals surface area contributed by atoms with Crippen LogP contribution in [-0.2, 0) is 14.3 Å². The van der Waals surface area contributed by atoms with Crippen LogP contribution in [0.1, 0.15) is 17.0 Å². The van der Waals surface area contributed by atoms with Gasteiger partial charge in [-0.15, -0.1) is 0 Å². The summed E-state index contributed by atoms with van der Waals surface area (Å²) in [5.41, 5.74) is 4.59. The number of amides is 1. The highest BCUT2D eigenvalue weighted by Gasteiger charge is 2.29. The van der Waals surface area contributed by atoms with Gasteiger partial charge in [0.25, 0.3) is 0 Å². The van der Waals surface area contributed by atoms with Gasteiger partial charge in [-0.2, -0.15) is 12.6 Å². The van der Waals surface area contributed by atoms with Crippen LogP contribution in [0.4, 0.5) is 4.79 Å². The molecule has 0 fully saturated rings. The number of thiol groups is 1. The lowest BCUT2D eigenvalue weighted by molar-refractivity contribution is -0.142. The maximum Gasteiger partial charge on any atom is 0.407 e. The van der Waals surface area contributed by atoms with Crippen LogP contribution >= 0.6 is 12.6 Å². The van der Waals surface area contributed by atoms with E-state index in [4.69, 9.17) is 4.74 Å². The predicted octanol–water partition coefficient (Wildman–Crippen LogP) is 3.00. The molecule has 0 aromatic heterocycles. The number of esters is 1. The van der Waals surface area contributed by atoms with Gasteiger partial charge in [0.2, 0.25) is 0 Å². The van der Waals surface area contributed by atoms with E-state index in [1.807, 2.05) is 36.4 Å². The summed E-state index contributed by atoms with van der Waals surface area (Å²) in [6.45, 7) is 0.195. The summed E-state index contributed by atoms with van der Waals surface area (Å²) in [6, 6.07) is 15.4. The average molecular weight is 357 g/mol. The van der Waals surface area contributed by atoms with Crippen LogP contribution in [0.15, 0.2) is 48.5 Å². The summed E-state index contributed by atoms with van der Waals surface area (Å²) < 4.78 is 9.99. The van der Waals surface area contributed by atoms with Crippen molar-refractivity contribution in [3.63, 3.8) is 0 Å². The molecule has 2 aromatic rings. The van der Waals surface area contributed by atoms with Crippen molar-refractivity contribution < 1.29 is 19.1 Å². The third-order valence-electron chi connectivity index (χ3n) is 4.30. The van der Waals surface area contributed by atoms with Gasteiger partial charge in [-0.1, -0.05) is 48.5 Å². The van der Waals surface area contributed by atoms with Gasteiger partial charge in [0.1, 0.15) is 12.6 Å². The van der Waals surface area contributed by atoms with Crippen LogP contribution < -0.4 is 5.32 Å². The van der Waals surface area contributed by atoms with Gasteiger partial charge in [0.05, 0.1) is 7.11 Å². The zero-order valence-electron chi connectivity index (χ0n) is 13.8. The maximum absolute atomic E-state index is 12.0. The maximum atomic E-state index is 12.0. The highest BCUT2D eigenvalue weighted by molar-refractivity contribution is 7.80. The normalized spacial score (nSPS) is 13.5. The first-order chi connectivity index (χ1) is 12.2. The zero-order valence-corrected chi connectivity index (χ0v) is 14.7. The molecule has 3 rings (SSSR count). The van der Waals surface area contributed by atoms with Crippen LogP contribution in [-0.4, -0.2) is 37.6 Å². The van der Waals surface area contributed by atoms with Gasteiger partial charge in [-0.3, -0.25) is 0 Å². The number of nitrogens with one attached hydrogen (secondary N) is 1. The summed E-state index contributed by atoms with van der Waals surface area (Å²) in [5, 5.41) is 2.48. The fourth-order valence-electron chi connectivity index (χ4n) is 3.10. The van der Waals surface area contributed by atoms with Gasteiger partial charge in [-0.05, 0) is 22.3 Å². The molecule has 1 N–H and O–H groups in total. The fraction of sp³-hybridized carbons (Fsp3) is 0.263. The van der Waals surface area contributed by atoms with Gasteiger partial charge in [0.15, 0.2) is 0 Å². The van der Waals surface area contributed by atoms with Crippen molar-refractivity contribution in [3.05, 3.63) is 59.7 Å². The highest BCUT2D eigenvalue weighted by atomic mass is 32.1. The third kappa shape index (κ3) is 3.49. The number of benzene rings is 2. The molecule has 0 aliphatic heterocycles. The van der Waals surface area contributed by atoms with Crippen LogP contribution in [0.25, 0.3) is 11.1 Å². The summed E-state index contributed by atoms with van der Waals surface area (Å²) in [7, 11) is 1.26. The largest absolute Gasteiger partial charge is 0.467 e. The SMILES string of the molecule is COC(=O)[C@H](CS)NC(=O)OCC1c2ccccc2-c2ccccc21. The van der Waals surface area contributed by atoms with E-state index < -0.39 is 18.1 Å². The first kappa shape index (κ1) is 17.4. The van der Waals surface area contributed by atoms with Crippen LogP contribution in [0.2, 0.25) is 0 Å². The third-order valence-corrected chi connectivity index (χ3v) is 4.67. The lowest BCUT2D eigenvalue weighted by Gasteiger charge is -2.17. The topological polar surface area (TPSA) is 64.6 Å². The van der Waals surface area contributed by atoms with Crippen LogP contribution in [0, 0.1) is 0 Å². The Morgan fingerprint density at radius 3 is 2.16 bits per heavy atom. The number of rotatable bonds is 5. The van der Waals surface area contributed by atoms with E-state index in [9.17, 15) is 9.59 Å². The van der Waals surface area contributed by atoms with E-state index in [-0.39, 0.29) is 18.3 Å². The molecule has 6 heteroatoms. The van der Waals surface area contributed by atoms with E-state index in [2.05, 4.69) is 34.8 Å². The van der Waals surface area contributed by atoms with E-state index >= 15 is 0 Å². The lowest BCUT2D eigenvalue weighted by Crippen LogP contribution is -2.43. The first-order valence-electron chi connectivity index (χ1n) is 7.96. The van der Waals surface area contributed by atoms with E-state index in [1.54, 1.807) is 0 Å². The number of carbonyl (C=O) groups is 2. The Morgan fingerprint density at radius 1 is 1.08 bits per heavy atom. The van der Waals surface area contributed by atoms with Crippen molar-refractivity contribution in [1.29, 1.82) is 0 Å². The van der Waals surface area contributed by atoms with E-state index in [0.717, 1.165) is 22.3 Å². The number of hydrogen-bond donors (Lipinski definition) is 2. The molecule has 0 saturated heterocycles. The van der Waals surface area contributed by atoms with Crippen molar-refractivity contribution >= 4 is 24.7 Å². The summed E-state index contributed by atoms with van der Waals surface area (Å²) in [5.74, 6) is -0.439. The molecular formula is C19H19NO4S. The minimum absolute atomic E-state index is 0.0225. The predicted molar refractivity (Wildman–Crippen MR) is 97.9 cm³/mol. The van der Waals surface area contributed by atoms with Crippen molar-refractivity contribution in [3.8, 4) is 11.1 Å². The Labute approximate surface area is 151 Å². The van der Waals surface area contributed by atoms with Gasteiger partial charge < -0.3 is 14.8 Å². The smallest absolute Gasteiger partial charge is 0.407 e. The number of fused-ring (bicyclic) bond motifs is 3. The Hall–Kier alpha value is -2.47. The number of alkyl carbamates (subject to hydrolysis) is 1. The molecule has 1 amide bonds. The standard InChI is InChI=1S/C19H19NO4S/c1-23-18(21)17(11-25)20-19(22)24-10-16-14-8-4-2-6-12(14)13-7-3-5-9-15(13)16/h2-9,16-17,25H,10-11H2,1H3,(H,20,22)/t17-/m0/s1. The Kier molecular flexibility index (Phi) is 5.28.